The van der Waals surface area contributed by atoms with Gasteiger partial charge < -0.3 is 20.9 Å². The fraction of sp³-hybridized carbons (Fsp3) is 0.348. The molecule has 3 heterocycles. The lowest BCUT2D eigenvalue weighted by Crippen LogP contribution is -2.55. The summed E-state index contributed by atoms with van der Waals surface area (Å²) in [4.78, 5) is 50.4. The molecule has 0 spiro atoms. The Kier molecular flexibility index (Phi) is 6.28. The first-order valence-electron chi connectivity index (χ1n) is 10.7. The molecule has 1 saturated heterocycles. The van der Waals surface area contributed by atoms with E-state index in [4.69, 9.17) is 5.73 Å². The first kappa shape index (κ1) is 22.7. The monoisotopic (exact) mass is 466 g/mol. The number of nitrogen functional groups attached to an aromatic ring is 1. The largest absolute Gasteiger partial charge is 0.383 e. The van der Waals surface area contributed by atoms with Gasteiger partial charge in [0.1, 0.15) is 5.82 Å². The maximum Gasteiger partial charge on any atom is 0.313 e. The summed E-state index contributed by atoms with van der Waals surface area (Å²) in [6.45, 7) is 6.42. The van der Waals surface area contributed by atoms with Crippen molar-refractivity contribution in [3.8, 4) is 0 Å². The summed E-state index contributed by atoms with van der Waals surface area (Å²) in [5.74, 6) is -1.19. The Morgan fingerprint density at radius 1 is 1.18 bits per heavy atom. The van der Waals surface area contributed by atoms with Gasteiger partial charge in [-0.05, 0) is 36.2 Å². The zero-order valence-electron chi connectivity index (χ0n) is 18.7. The van der Waals surface area contributed by atoms with Crippen LogP contribution in [0.25, 0.3) is 10.2 Å². The highest BCUT2D eigenvalue weighted by Gasteiger charge is 2.36. The third-order valence-electron chi connectivity index (χ3n) is 5.76. The maximum atomic E-state index is 13.2. The summed E-state index contributed by atoms with van der Waals surface area (Å²) in [5, 5.41) is 2.62. The third-order valence-corrected chi connectivity index (χ3v) is 6.57. The SMILES string of the molecule is Cc1cc(NC(=O)C(=O)N2CCN(C(=O)C(C)C)CC2c2ccc3scnc3c2)cnc1N. The summed E-state index contributed by atoms with van der Waals surface area (Å²) in [5.41, 5.74) is 10.3. The van der Waals surface area contributed by atoms with E-state index in [1.165, 1.54) is 22.4 Å². The zero-order valence-corrected chi connectivity index (χ0v) is 19.6. The summed E-state index contributed by atoms with van der Waals surface area (Å²) < 4.78 is 1.03. The van der Waals surface area contributed by atoms with Crippen LogP contribution in [0, 0.1) is 12.8 Å². The molecule has 3 aromatic rings. The predicted molar refractivity (Wildman–Crippen MR) is 128 cm³/mol. The number of rotatable bonds is 3. The minimum absolute atomic E-state index is 0.0229. The molecule has 4 rings (SSSR count). The number of carbonyl (C=O) groups excluding carboxylic acids is 3. The topological polar surface area (TPSA) is 122 Å². The number of piperazine rings is 1. The Hall–Kier alpha value is -3.53. The number of pyridine rings is 1. The van der Waals surface area contributed by atoms with E-state index in [9.17, 15) is 14.4 Å². The van der Waals surface area contributed by atoms with Crippen molar-refractivity contribution in [2.75, 3.05) is 30.7 Å². The van der Waals surface area contributed by atoms with Gasteiger partial charge in [0.15, 0.2) is 0 Å². The molecule has 2 aromatic heterocycles. The highest BCUT2D eigenvalue weighted by Crippen LogP contribution is 2.30. The molecule has 1 unspecified atom stereocenters. The van der Waals surface area contributed by atoms with Crippen LogP contribution >= 0.6 is 11.3 Å². The standard InChI is InChI=1S/C23H26N6O3S/c1-13(2)22(31)28-6-7-29(18(11-28)15-4-5-19-17(9-15)26-12-33-19)23(32)21(30)27-16-8-14(3)20(24)25-10-16/h4-5,8-10,12-13,18H,6-7,11H2,1-3H3,(H2,24,25)(H,27,30). The minimum atomic E-state index is -0.760. The van der Waals surface area contributed by atoms with Crippen molar-refractivity contribution in [2.24, 2.45) is 5.92 Å². The van der Waals surface area contributed by atoms with Gasteiger partial charge in [0.2, 0.25) is 5.91 Å². The first-order valence-corrected chi connectivity index (χ1v) is 11.6. The molecule has 0 saturated carbocycles. The Balaban J connectivity index is 1.60. The average Bonchev–Trinajstić information content (AvgIpc) is 3.28. The van der Waals surface area contributed by atoms with E-state index >= 15 is 0 Å². The molecule has 1 atom stereocenters. The summed E-state index contributed by atoms with van der Waals surface area (Å²) in [7, 11) is 0. The molecule has 1 aliphatic heterocycles. The van der Waals surface area contributed by atoms with E-state index in [-0.39, 0.29) is 18.4 Å². The van der Waals surface area contributed by atoms with Crippen LogP contribution in [0.5, 0.6) is 0 Å². The molecule has 9 nitrogen and oxygen atoms in total. The fourth-order valence-electron chi connectivity index (χ4n) is 3.93. The normalized spacial score (nSPS) is 16.3. The van der Waals surface area contributed by atoms with Crippen LogP contribution in [0.1, 0.15) is 31.0 Å². The fourth-order valence-corrected chi connectivity index (χ4v) is 4.59. The maximum absolute atomic E-state index is 13.2. The van der Waals surface area contributed by atoms with Gasteiger partial charge in [0.25, 0.3) is 0 Å². The van der Waals surface area contributed by atoms with Gasteiger partial charge in [-0.3, -0.25) is 14.4 Å². The highest BCUT2D eigenvalue weighted by atomic mass is 32.1. The molecule has 10 heteroatoms. The molecule has 3 N–H and O–H groups in total. The number of thiazole rings is 1. The second-order valence-electron chi connectivity index (χ2n) is 8.41. The number of hydrogen-bond acceptors (Lipinski definition) is 7. The summed E-state index contributed by atoms with van der Waals surface area (Å²) in [6.07, 6.45) is 1.42. The summed E-state index contributed by atoms with van der Waals surface area (Å²) in [6, 6.07) is 7.01. The van der Waals surface area contributed by atoms with Gasteiger partial charge in [0.05, 0.1) is 33.7 Å². The Morgan fingerprint density at radius 3 is 2.70 bits per heavy atom. The molecule has 1 aromatic carbocycles. The number of nitrogens with two attached hydrogens (primary N) is 1. The van der Waals surface area contributed by atoms with Crippen molar-refractivity contribution < 1.29 is 14.4 Å². The Labute approximate surface area is 195 Å². The Bertz CT molecular complexity index is 1220. The molecule has 33 heavy (non-hydrogen) atoms. The number of benzene rings is 1. The van der Waals surface area contributed by atoms with Crippen LogP contribution in [0.15, 0.2) is 36.0 Å². The molecule has 172 valence electrons. The van der Waals surface area contributed by atoms with Crippen LogP contribution in [-0.2, 0) is 14.4 Å². The van der Waals surface area contributed by atoms with Crippen molar-refractivity contribution in [3.63, 3.8) is 0 Å². The quantitative estimate of drug-likeness (QED) is 0.572. The van der Waals surface area contributed by atoms with Crippen LogP contribution in [0.2, 0.25) is 0 Å². The average molecular weight is 467 g/mol. The lowest BCUT2D eigenvalue weighted by Gasteiger charge is -2.42. The molecule has 1 fully saturated rings. The molecule has 0 aliphatic carbocycles. The molecular formula is C23H26N6O3S. The highest BCUT2D eigenvalue weighted by molar-refractivity contribution is 7.16. The number of amides is 3. The number of fused-ring (bicyclic) bond motifs is 1. The molecule has 0 radical (unpaired) electrons. The van der Waals surface area contributed by atoms with Gasteiger partial charge >= 0.3 is 11.8 Å². The Morgan fingerprint density at radius 2 is 1.97 bits per heavy atom. The number of aromatic nitrogens is 2. The minimum Gasteiger partial charge on any atom is -0.383 e. The number of nitrogens with zero attached hydrogens (tertiary/aromatic N) is 4. The van der Waals surface area contributed by atoms with Gasteiger partial charge in [-0.1, -0.05) is 19.9 Å². The van der Waals surface area contributed by atoms with E-state index in [1.54, 1.807) is 23.4 Å². The molecular weight excluding hydrogens is 440 g/mol. The lowest BCUT2D eigenvalue weighted by atomic mass is 10.0. The number of hydrogen-bond donors (Lipinski definition) is 2. The molecule has 0 bridgehead atoms. The van der Waals surface area contributed by atoms with E-state index in [0.29, 0.717) is 30.2 Å². The third kappa shape index (κ3) is 4.65. The van der Waals surface area contributed by atoms with Crippen molar-refractivity contribution in [1.82, 2.24) is 19.8 Å². The first-order chi connectivity index (χ1) is 15.7. The van der Waals surface area contributed by atoms with Crippen LogP contribution in [-0.4, -0.2) is 57.1 Å². The lowest BCUT2D eigenvalue weighted by molar-refractivity contribution is -0.150. The smallest absolute Gasteiger partial charge is 0.313 e. The number of aryl methyl sites for hydroxylation is 1. The summed E-state index contributed by atoms with van der Waals surface area (Å²) >= 11 is 1.53. The van der Waals surface area contributed by atoms with E-state index < -0.39 is 17.9 Å². The van der Waals surface area contributed by atoms with Gasteiger partial charge in [-0.2, -0.15) is 0 Å². The van der Waals surface area contributed by atoms with Crippen molar-refractivity contribution in [1.29, 1.82) is 0 Å². The number of nitrogens with one attached hydrogen (secondary N) is 1. The molecule has 3 amide bonds. The van der Waals surface area contributed by atoms with E-state index in [1.807, 2.05) is 32.0 Å². The van der Waals surface area contributed by atoms with Gasteiger partial charge in [-0.25, -0.2) is 9.97 Å². The van der Waals surface area contributed by atoms with E-state index in [2.05, 4.69) is 15.3 Å². The van der Waals surface area contributed by atoms with Gasteiger partial charge in [-0.15, -0.1) is 11.3 Å². The van der Waals surface area contributed by atoms with E-state index in [0.717, 1.165) is 15.8 Å². The van der Waals surface area contributed by atoms with Crippen LogP contribution < -0.4 is 11.1 Å². The van der Waals surface area contributed by atoms with Gasteiger partial charge in [0, 0.05) is 25.6 Å². The zero-order chi connectivity index (χ0) is 23.7. The number of anilines is 2. The van der Waals surface area contributed by atoms with Crippen LogP contribution in [0.3, 0.4) is 0 Å². The van der Waals surface area contributed by atoms with Crippen molar-refractivity contribution >= 4 is 50.8 Å². The predicted octanol–water partition coefficient (Wildman–Crippen LogP) is 2.59. The molecule has 1 aliphatic rings. The van der Waals surface area contributed by atoms with Crippen molar-refractivity contribution in [2.45, 2.75) is 26.8 Å². The second kappa shape index (κ2) is 9.14. The van der Waals surface area contributed by atoms with Crippen LogP contribution in [0.4, 0.5) is 11.5 Å². The second-order valence-corrected chi connectivity index (χ2v) is 9.30. The number of carbonyl (C=O) groups is 3. The van der Waals surface area contributed by atoms with Crippen molar-refractivity contribution in [3.05, 3.63) is 47.1 Å².